The second kappa shape index (κ2) is 3.07. The van der Waals surface area contributed by atoms with Gasteiger partial charge >= 0.3 is 13.5 Å². The molecule has 60 valence electrons. The predicted octanol–water partition coefficient (Wildman–Crippen LogP) is 0.623. The molecule has 0 saturated heterocycles. The van der Waals surface area contributed by atoms with Crippen molar-refractivity contribution in [3.05, 3.63) is 0 Å². The molecule has 0 radical (unpaired) electrons. The van der Waals surface area contributed by atoms with E-state index in [1.54, 1.807) is 0 Å². The van der Waals surface area contributed by atoms with E-state index in [-0.39, 0.29) is 0 Å². The molecular weight excluding hydrogens is 225 g/mol. The molecule has 0 aromatic rings. The normalized spacial score (nSPS) is 13.4. The van der Waals surface area contributed by atoms with Gasteiger partial charge < -0.3 is 0 Å². The Labute approximate surface area is 71.9 Å². The van der Waals surface area contributed by atoms with Crippen molar-refractivity contribution < 1.29 is 19.5 Å². The molecule has 0 rings (SSSR count). The van der Waals surface area contributed by atoms with Gasteiger partial charge in [-0.05, 0) is 0 Å². The van der Waals surface area contributed by atoms with Gasteiger partial charge in [0, 0.05) is 0 Å². The topological polar surface area (TPSA) is 77.8 Å². The molecule has 0 saturated carbocycles. The molecule has 10 heavy (non-hydrogen) atoms. The summed E-state index contributed by atoms with van der Waals surface area (Å²) >= 11 is 14.7. The van der Waals surface area contributed by atoms with Crippen molar-refractivity contribution in [2.75, 3.05) is 0 Å². The third-order valence-corrected chi connectivity index (χ3v) is 2.31. The summed E-state index contributed by atoms with van der Waals surface area (Å²) in [5.41, 5.74) is -1.61. The van der Waals surface area contributed by atoms with Gasteiger partial charge in [-0.25, -0.2) is 4.79 Å². The first-order chi connectivity index (χ1) is 4.15. The van der Waals surface area contributed by atoms with Crippen LogP contribution < -0.4 is 0 Å². The zero-order valence-electron chi connectivity index (χ0n) is 4.33. The summed E-state index contributed by atoms with van der Waals surface area (Å²) < 4.78 is -2.48. The summed E-state index contributed by atoms with van der Waals surface area (Å²) in [5, 5.41) is 0. The second-order valence-electron chi connectivity index (χ2n) is 1.37. The van der Waals surface area contributed by atoms with E-state index in [1.165, 1.54) is 0 Å². The van der Waals surface area contributed by atoms with E-state index in [2.05, 4.69) is 0 Å². The van der Waals surface area contributed by atoms with Crippen LogP contribution in [-0.4, -0.2) is 24.0 Å². The van der Waals surface area contributed by atoms with Crippen molar-refractivity contribution >= 4 is 48.3 Å². The predicted molar refractivity (Wildman–Crippen MR) is 38.9 cm³/mol. The third-order valence-electron chi connectivity index (χ3n) is 0.515. The minimum atomic E-state index is -4.66. The molecule has 0 aliphatic carbocycles. The van der Waals surface area contributed by atoms with E-state index in [9.17, 15) is 4.79 Å². The number of alkyl halides is 3. The van der Waals surface area contributed by atoms with Crippen molar-refractivity contribution in [3.8, 4) is 0 Å². The lowest BCUT2D eigenvalue weighted by Crippen LogP contribution is -2.21. The summed E-state index contributed by atoms with van der Waals surface area (Å²) in [5.74, 6) is 0. The number of halogens is 3. The molecule has 0 spiro atoms. The lowest BCUT2D eigenvalue weighted by molar-refractivity contribution is -0.113. The molecule has 0 unspecified atom stereocenters. The lowest BCUT2D eigenvalue weighted by Gasteiger charge is -2.07. The average Bonchev–Trinajstić information content (AvgIpc) is 1.59. The van der Waals surface area contributed by atoms with E-state index in [0.29, 0.717) is 0 Å². The first-order valence-corrected chi connectivity index (χ1v) is 4.63. The maximum absolute atomic E-state index is 10.4. The van der Waals surface area contributed by atoms with Gasteiger partial charge in [-0.1, -0.05) is 34.8 Å². The summed E-state index contributed by atoms with van der Waals surface area (Å²) in [4.78, 5) is 35.1. The highest BCUT2D eigenvalue weighted by molar-refractivity contribution is 7.77. The van der Waals surface area contributed by atoms with Crippen LogP contribution in [0.1, 0.15) is 0 Å². The van der Waals surface area contributed by atoms with E-state index in [1.807, 2.05) is 0 Å². The highest BCUT2D eigenvalue weighted by Crippen LogP contribution is 2.52. The molecule has 0 aromatic heterocycles. The van der Waals surface area contributed by atoms with Crippen molar-refractivity contribution in [2.24, 2.45) is 0 Å². The fraction of sp³-hybridized carbons (Fsp3) is 0.500. The monoisotopic (exact) mass is 227 g/mol. The van der Waals surface area contributed by atoms with Gasteiger partial charge in [-0.2, -0.15) is 14.7 Å². The van der Waals surface area contributed by atoms with Crippen molar-refractivity contribution in [2.45, 2.75) is 3.79 Å². The fourth-order valence-corrected chi connectivity index (χ4v) is 1.53. The Kier molecular flexibility index (Phi) is 3.33. The SMILES string of the molecule is O=C(C(Cl)(Cl)Cl)[P+](O)(O)O. The van der Waals surface area contributed by atoms with Crippen LogP contribution in [0.15, 0.2) is 0 Å². The Morgan fingerprint density at radius 2 is 1.50 bits per heavy atom. The Bertz CT molecular complexity index is 130. The number of carbonyl (C=O) groups is 1. The van der Waals surface area contributed by atoms with Gasteiger partial charge in [0.25, 0.3) is 3.79 Å². The Morgan fingerprint density at radius 3 is 1.50 bits per heavy atom. The van der Waals surface area contributed by atoms with E-state index >= 15 is 0 Å². The van der Waals surface area contributed by atoms with Crippen LogP contribution in [0.2, 0.25) is 0 Å². The van der Waals surface area contributed by atoms with Gasteiger partial charge in [0.05, 0.1) is 0 Å². The molecule has 4 nitrogen and oxygen atoms in total. The molecule has 3 N–H and O–H groups in total. The number of carbonyl (C=O) groups excluding carboxylic acids is 1. The molecule has 0 aromatic carbocycles. The zero-order valence-corrected chi connectivity index (χ0v) is 7.49. The molecular formula is C2H3Cl3O4P+. The van der Waals surface area contributed by atoms with Crippen LogP contribution >= 0.6 is 42.7 Å². The first kappa shape index (κ1) is 10.8. The highest BCUT2D eigenvalue weighted by atomic mass is 35.6. The minimum absolute atomic E-state index is 1.61. The first-order valence-electron chi connectivity index (χ1n) is 1.84. The van der Waals surface area contributed by atoms with Crippen molar-refractivity contribution in [1.29, 1.82) is 0 Å². The van der Waals surface area contributed by atoms with Crippen LogP contribution in [0.5, 0.6) is 0 Å². The Morgan fingerprint density at radius 1 is 1.20 bits per heavy atom. The maximum atomic E-state index is 10.4. The molecule has 0 aliphatic heterocycles. The van der Waals surface area contributed by atoms with Gasteiger partial charge in [0.15, 0.2) is 0 Å². The van der Waals surface area contributed by atoms with Crippen LogP contribution in [0, 0.1) is 0 Å². The molecule has 0 heterocycles. The van der Waals surface area contributed by atoms with Crippen molar-refractivity contribution in [3.63, 3.8) is 0 Å². The van der Waals surface area contributed by atoms with Gasteiger partial charge in [-0.3, -0.25) is 0 Å². The van der Waals surface area contributed by atoms with Crippen LogP contribution in [0.3, 0.4) is 0 Å². The van der Waals surface area contributed by atoms with Crippen LogP contribution in [0.4, 0.5) is 0 Å². The maximum Gasteiger partial charge on any atom is 0.483 e. The smallest absolute Gasteiger partial charge is 0.238 e. The fourth-order valence-electron chi connectivity index (χ4n) is 0.170. The van der Waals surface area contributed by atoms with Crippen molar-refractivity contribution in [1.82, 2.24) is 0 Å². The number of hydrogen-bond acceptors (Lipinski definition) is 4. The quantitative estimate of drug-likeness (QED) is 0.454. The average molecular weight is 228 g/mol. The lowest BCUT2D eigenvalue weighted by atomic mass is 10.9. The second-order valence-corrected chi connectivity index (χ2v) is 5.20. The number of hydrogen-bond donors (Lipinski definition) is 3. The third kappa shape index (κ3) is 3.30. The van der Waals surface area contributed by atoms with E-state index < -0.39 is 17.3 Å². The molecule has 0 bridgehead atoms. The van der Waals surface area contributed by atoms with Gasteiger partial charge in [0.2, 0.25) is 0 Å². The zero-order chi connectivity index (χ0) is 8.58. The standard InChI is InChI=1S/C2H3Cl3O4P/c3-2(4,5)1(6)10(7,8)9/h7-9H/q+1. The largest absolute Gasteiger partial charge is 0.483 e. The van der Waals surface area contributed by atoms with Crippen LogP contribution in [-0.2, 0) is 4.79 Å². The van der Waals surface area contributed by atoms with Gasteiger partial charge in [-0.15, -0.1) is 0 Å². The molecule has 0 amide bonds. The van der Waals surface area contributed by atoms with Crippen LogP contribution in [0.25, 0.3) is 0 Å². The van der Waals surface area contributed by atoms with E-state index in [4.69, 9.17) is 49.5 Å². The summed E-state index contributed by atoms with van der Waals surface area (Å²) in [6, 6.07) is 0. The van der Waals surface area contributed by atoms with Gasteiger partial charge in [0.1, 0.15) is 0 Å². The summed E-state index contributed by atoms with van der Waals surface area (Å²) in [6.07, 6.45) is 0. The minimum Gasteiger partial charge on any atom is -0.238 e. The summed E-state index contributed by atoms with van der Waals surface area (Å²) in [7, 11) is -4.66. The Balaban J connectivity index is 4.40. The number of rotatable bonds is 1. The Hall–Kier alpha value is 0.850. The summed E-state index contributed by atoms with van der Waals surface area (Å²) in [6.45, 7) is 0. The molecule has 0 atom stereocenters. The highest BCUT2D eigenvalue weighted by Gasteiger charge is 2.55. The molecule has 8 heteroatoms. The molecule has 0 aliphatic rings. The molecule has 0 fully saturated rings. The van der Waals surface area contributed by atoms with E-state index in [0.717, 1.165) is 0 Å².